The van der Waals surface area contributed by atoms with Crippen molar-refractivity contribution in [1.29, 1.82) is 0 Å². The van der Waals surface area contributed by atoms with E-state index < -0.39 is 5.82 Å². The number of hydrogen-bond donors (Lipinski definition) is 1. The molecule has 0 aliphatic heterocycles. The number of rotatable bonds is 3. The number of aromatic nitrogens is 2. The highest BCUT2D eigenvalue weighted by Crippen LogP contribution is 2.22. The Labute approximate surface area is 96.9 Å². The lowest BCUT2D eigenvalue weighted by Gasteiger charge is -2.04. The fourth-order valence-corrected chi connectivity index (χ4v) is 1.72. The van der Waals surface area contributed by atoms with Gasteiger partial charge in [-0.1, -0.05) is 17.7 Å². The van der Waals surface area contributed by atoms with Crippen molar-refractivity contribution in [2.24, 2.45) is 0 Å². The van der Waals surface area contributed by atoms with Crippen LogP contribution >= 0.6 is 11.6 Å². The zero-order valence-electron chi connectivity index (χ0n) is 8.45. The average molecular weight is 241 g/mol. The van der Waals surface area contributed by atoms with Crippen molar-refractivity contribution in [2.45, 2.75) is 12.8 Å². The van der Waals surface area contributed by atoms with Gasteiger partial charge < -0.3 is 5.11 Å². The molecular weight excluding hydrogens is 231 g/mol. The first-order valence-corrected chi connectivity index (χ1v) is 5.31. The molecule has 1 aromatic carbocycles. The SMILES string of the molecule is OCCCc1nc(Cl)c2cccc(F)c2n1. The molecule has 2 aromatic rings. The Kier molecular flexibility index (Phi) is 3.31. The van der Waals surface area contributed by atoms with Crippen molar-refractivity contribution in [1.82, 2.24) is 9.97 Å². The van der Waals surface area contributed by atoms with E-state index in [-0.39, 0.29) is 17.3 Å². The molecule has 0 atom stereocenters. The number of nitrogens with zero attached hydrogens (tertiary/aromatic N) is 2. The average Bonchev–Trinajstić information content (AvgIpc) is 2.28. The van der Waals surface area contributed by atoms with Crippen LogP contribution in [0.15, 0.2) is 18.2 Å². The molecule has 0 radical (unpaired) electrons. The molecule has 2 rings (SSSR count). The van der Waals surface area contributed by atoms with Gasteiger partial charge >= 0.3 is 0 Å². The Hall–Kier alpha value is -1.26. The second-order valence-electron chi connectivity index (χ2n) is 3.39. The van der Waals surface area contributed by atoms with Crippen LogP contribution in [0, 0.1) is 5.82 Å². The van der Waals surface area contributed by atoms with E-state index in [1.807, 2.05) is 0 Å². The van der Waals surface area contributed by atoms with Gasteiger partial charge in [0.25, 0.3) is 0 Å². The number of aliphatic hydroxyl groups is 1. The zero-order valence-corrected chi connectivity index (χ0v) is 9.21. The van der Waals surface area contributed by atoms with E-state index in [4.69, 9.17) is 16.7 Å². The molecule has 0 spiro atoms. The lowest BCUT2D eigenvalue weighted by atomic mass is 10.2. The maximum atomic E-state index is 13.5. The highest BCUT2D eigenvalue weighted by molar-refractivity contribution is 6.34. The van der Waals surface area contributed by atoms with Crippen LogP contribution in [-0.4, -0.2) is 21.7 Å². The molecular formula is C11H10ClFN2O. The van der Waals surface area contributed by atoms with Gasteiger partial charge in [-0.15, -0.1) is 0 Å². The Morgan fingerprint density at radius 1 is 1.31 bits per heavy atom. The van der Waals surface area contributed by atoms with Gasteiger partial charge in [-0.05, 0) is 18.6 Å². The van der Waals surface area contributed by atoms with Gasteiger partial charge in [0, 0.05) is 18.4 Å². The maximum Gasteiger partial charge on any atom is 0.149 e. The van der Waals surface area contributed by atoms with Crippen LogP contribution in [0.2, 0.25) is 5.15 Å². The quantitative estimate of drug-likeness (QED) is 0.838. The van der Waals surface area contributed by atoms with Crippen molar-refractivity contribution in [3.63, 3.8) is 0 Å². The van der Waals surface area contributed by atoms with Gasteiger partial charge in [-0.25, -0.2) is 14.4 Å². The van der Waals surface area contributed by atoms with E-state index in [9.17, 15) is 4.39 Å². The standard InChI is InChI=1S/C11H10ClFN2O/c12-11-7-3-1-4-8(13)10(7)14-9(15-11)5-2-6-16/h1,3-4,16H,2,5-6H2. The zero-order chi connectivity index (χ0) is 11.5. The minimum Gasteiger partial charge on any atom is -0.396 e. The minimum absolute atomic E-state index is 0.0519. The lowest BCUT2D eigenvalue weighted by molar-refractivity contribution is 0.287. The summed E-state index contributed by atoms with van der Waals surface area (Å²) in [6.07, 6.45) is 1.02. The van der Waals surface area contributed by atoms with Gasteiger partial charge in [-0.3, -0.25) is 0 Å². The Morgan fingerprint density at radius 2 is 2.12 bits per heavy atom. The Morgan fingerprint density at radius 3 is 2.88 bits per heavy atom. The first kappa shape index (κ1) is 11.2. The molecule has 16 heavy (non-hydrogen) atoms. The Balaban J connectivity index is 2.52. The molecule has 0 bridgehead atoms. The first-order valence-electron chi connectivity index (χ1n) is 4.94. The summed E-state index contributed by atoms with van der Waals surface area (Å²) in [7, 11) is 0. The molecule has 0 aliphatic carbocycles. The molecule has 0 amide bonds. The molecule has 1 aromatic heterocycles. The van der Waals surface area contributed by atoms with Crippen molar-refractivity contribution in [3.8, 4) is 0 Å². The monoisotopic (exact) mass is 240 g/mol. The molecule has 0 fully saturated rings. The Bertz CT molecular complexity index is 519. The second-order valence-corrected chi connectivity index (χ2v) is 3.75. The summed E-state index contributed by atoms with van der Waals surface area (Å²) in [6.45, 7) is 0.0519. The van der Waals surface area contributed by atoms with Crippen LogP contribution in [0.1, 0.15) is 12.2 Å². The van der Waals surface area contributed by atoms with Crippen LogP contribution in [-0.2, 0) is 6.42 Å². The third kappa shape index (κ3) is 2.13. The van der Waals surface area contributed by atoms with Gasteiger partial charge in [0.05, 0.1) is 0 Å². The number of halogens is 2. The predicted molar refractivity (Wildman–Crippen MR) is 59.9 cm³/mol. The van der Waals surface area contributed by atoms with Crippen LogP contribution in [0.4, 0.5) is 4.39 Å². The number of para-hydroxylation sites is 1. The van der Waals surface area contributed by atoms with Crippen molar-refractivity contribution in [2.75, 3.05) is 6.61 Å². The minimum atomic E-state index is -0.410. The molecule has 1 N–H and O–H groups in total. The lowest BCUT2D eigenvalue weighted by Crippen LogP contribution is -1.99. The fraction of sp³-hybridized carbons (Fsp3) is 0.273. The number of aliphatic hydroxyl groups excluding tert-OH is 1. The van der Waals surface area contributed by atoms with Crippen molar-refractivity contribution in [3.05, 3.63) is 35.0 Å². The van der Waals surface area contributed by atoms with E-state index in [1.54, 1.807) is 12.1 Å². The second kappa shape index (κ2) is 4.72. The van der Waals surface area contributed by atoms with Gasteiger partial charge in [0.15, 0.2) is 0 Å². The molecule has 0 saturated heterocycles. The largest absolute Gasteiger partial charge is 0.396 e. The van der Waals surface area contributed by atoms with Gasteiger partial charge in [0.1, 0.15) is 22.3 Å². The fourth-order valence-electron chi connectivity index (χ4n) is 1.47. The van der Waals surface area contributed by atoms with E-state index in [0.717, 1.165) is 0 Å². The molecule has 0 saturated carbocycles. The summed E-state index contributed by atoms with van der Waals surface area (Å²) in [6, 6.07) is 4.58. The van der Waals surface area contributed by atoms with Crippen molar-refractivity contribution >= 4 is 22.5 Å². The van der Waals surface area contributed by atoms with Gasteiger partial charge in [-0.2, -0.15) is 0 Å². The smallest absolute Gasteiger partial charge is 0.149 e. The summed E-state index contributed by atoms with van der Waals surface area (Å²) in [5.41, 5.74) is 0.232. The first-order chi connectivity index (χ1) is 7.72. The topological polar surface area (TPSA) is 46.0 Å². The third-order valence-corrected chi connectivity index (χ3v) is 2.52. The third-order valence-electron chi connectivity index (χ3n) is 2.24. The van der Waals surface area contributed by atoms with E-state index >= 15 is 0 Å². The van der Waals surface area contributed by atoms with Gasteiger partial charge in [0.2, 0.25) is 0 Å². The summed E-state index contributed by atoms with van der Waals surface area (Å²) in [4.78, 5) is 8.15. The van der Waals surface area contributed by atoms with Crippen LogP contribution in [0.3, 0.4) is 0 Å². The summed E-state index contributed by atoms with van der Waals surface area (Å²) < 4.78 is 13.5. The number of aryl methyl sites for hydroxylation is 1. The molecule has 5 heteroatoms. The molecule has 84 valence electrons. The van der Waals surface area contributed by atoms with E-state index in [0.29, 0.717) is 24.1 Å². The summed E-state index contributed by atoms with van der Waals surface area (Å²) in [5.74, 6) is 0.0451. The summed E-state index contributed by atoms with van der Waals surface area (Å²) >= 11 is 5.93. The molecule has 0 aliphatic rings. The number of fused-ring (bicyclic) bond motifs is 1. The molecule has 3 nitrogen and oxygen atoms in total. The highest BCUT2D eigenvalue weighted by atomic mass is 35.5. The highest BCUT2D eigenvalue weighted by Gasteiger charge is 2.08. The number of benzene rings is 1. The molecule has 0 unspecified atom stereocenters. The predicted octanol–water partition coefficient (Wildman–Crippen LogP) is 2.35. The van der Waals surface area contributed by atoms with E-state index in [1.165, 1.54) is 6.07 Å². The normalized spacial score (nSPS) is 10.9. The summed E-state index contributed by atoms with van der Waals surface area (Å²) in [5, 5.41) is 9.46. The van der Waals surface area contributed by atoms with Crippen molar-refractivity contribution < 1.29 is 9.50 Å². The van der Waals surface area contributed by atoms with Crippen LogP contribution in [0.25, 0.3) is 10.9 Å². The number of hydrogen-bond acceptors (Lipinski definition) is 3. The van der Waals surface area contributed by atoms with E-state index in [2.05, 4.69) is 9.97 Å². The molecule has 1 heterocycles. The maximum absolute atomic E-state index is 13.5. The van der Waals surface area contributed by atoms with Crippen LogP contribution < -0.4 is 0 Å². The van der Waals surface area contributed by atoms with Crippen LogP contribution in [0.5, 0.6) is 0 Å².